The molecule has 0 saturated heterocycles. The van der Waals surface area contributed by atoms with Crippen molar-refractivity contribution in [3.8, 4) is 5.75 Å². The minimum Gasteiger partial charge on any atom is -0.508 e. The van der Waals surface area contributed by atoms with Crippen LogP contribution in [0, 0.1) is 0 Å². The molecule has 0 unspecified atom stereocenters. The molecule has 0 radical (unpaired) electrons. The number of phenolic OH excluding ortho intramolecular Hbond substituents is 1. The normalized spacial score (nSPS) is 11.7. The smallest absolute Gasteiger partial charge is 0.115 e. The van der Waals surface area contributed by atoms with E-state index in [-0.39, 0.29) is 0 Å². The van der Waals surface area contributed by atoms with Gasteiger partial charge in [0.15, 0.2) is 0 Å². The Kier molecular flexibility index (Phi) is 11.1. The summed E-state index contributed by atoms with van der Waals surface area (Å²) in [6, 6.07) is 7.55. The lowest BCUT2D eigenvalue weighted by atomic mass is 10.1. The third kappa shape index (κ3) is 10.3. The number of aryl methyl sites for hydroxylation is 1. The van der Waals surface area contributed by atoms with Crippen molar-refractivity contribution in [2.75, 3.05) is 0 Å². The maximum Gasteiger partial charge on any atom is 0.115 e. The molecule has 1 aromatic carbocycles. The molecule has 122 valence electrons. The maximum absolute atomic E-state index is 9.39. The van der Waals surface area contributed by atoms with Crippen LogP contribution >= 0.6 is 0 Å². The molecule has 0 bridgehead atoms. The number of phenols is 1. The Bertz CT molecular complexity index is 431. The minimum absolute atomic E-state index is 0.366. The second-order valence-electron chi connectivity index (χ2n) is 5.97. The molecule has 22 heavy (non-hydrogen) atoms. The lowest BCUT2D eigenvalue weighted by molar-refractivity contribution is 0.474. The summed E-state index contributed by atoms with van der Waals surface area (Å²) in [6.07, 6.45) is 21.5. The summed E-state index contributed by atoms with van der Waals surface area (Å²) in [6.45, 7) is 2.26. The van der Waals surface area contributed by atoms with E-state index in [2.05, 4.69) is 37.3 Å². The van der Waals surface area contributed by atoms with Crippen LogP contribution in [0.5, 0.6) is 5.75 Å². The summed E-state index contributed by atoms with van der Waals surface area (Å²) in [5, 5.41) is 9.39. The van der Waals surface area contributed by atoms with Gasteiger partial charge in [-0.25, -0.2) is 0 Å². The van der Waals surface area contributed by atoms with Gasteiger partial charge in [-0.1, -0.05) is 75.5 Å². The summed E-state index contributed by atoms with van der Waals surface area (Å²) in [5.41, 5.74) is 1.21. The van der Waals surface area contributed by atoms with Crippen molar-refractivity contribution >= 4 is 0 Å². The summed E-state index contributed by atoms with van der Waals surface area (Å²) in [4.78, 5) is 0. The van der Waals surface area contributed by atoms with Gasteiger partial charge in [0.1, 0.15) is 5.75 Å². The molecular formula is C21H32O. The number of rotatable bonds is 12. The molecule has 1 aromatic rings. The van der Waals surface area contributed by atoms with Gasteiger partial charge in [-0.3, -0.25) is 0 Å². The molecular weight excluding hydrogens is 268 g/mol. The molecule has 1 N–H and O–H groups in total. The SMILES string of the molecule is CCCCCCCC/C=C/C=C/CCCc1cccc(O)c1. The van der Waals surface area contributed by atoms with E-state index in [1.165, 1.54) is 50.5 Å². The van der Waals surface area contributed by atoms with Crippen molar-refractivity contribution in [3.63, 3.8) is 0 Å². The number of unbranched alkanes of at least 4 members (excludes halogenated alkanes) is 7. The third-order valence-corrected chi connectivity index (χ3v) is 3.85. The molecule has 1 heteroatoms. The van der Waals surface area contributed by atoms with Gasteiger partial charge >= 0.3 is 0 Å². The van der Waals surface area contributed by atoms with Crippen LogP contribution in [0.2, 0.25) is 0 Å². The van der Waals surface area contributed by atoms with E-state index in [0.717, 1.165) is 19.3 Å². The first-order valence-electron chi connectivity index (χ1n) is 8.92. The van der Waals surface area contributed by atoms with E-state index < -0.39 is 0 Å². The van der Waals surface area contributed by atoms with Crippen molar-refractivity contribution < 1.29 is 5.11 Å². The highest BCUT2D eigenvalue weighted by molar-refractivity contribution is 5.27. The number of allylic oxidation sites excluding steroid dienone is 4. The van der Waals surface area contributed by atoms with E-state index in [4.69, 9.17) is 0 Å². The maximum atomic E-state index is 9.39. The molecule has 0 aliphatic rings. The predicted octanol–water partition coefficient (Wildman–Crippen LogP) is 6.58. The Labute approximate surface area is 136 Å². The third-order valence-electron chi connectivity index (χ3n) is 3.85. The minimum atomic E-state index is 0.366. The zero-order chi connectivity index (χ0) is 15.9. The molecule has 0 aliphatic heterocycles. The van der Waals surface area contributed by atoms with Gasteiger partial charge in [0.2, 0.25) is 0 Å². The van der Waals surface area contributed by atoms with E-state index >= 15 is 0 Å². The number of hydrogen-bond acceptors (Lipinski definition) is 1. The Balaban J connectivity index is 1.96. The fourth-order valence-corrected chi connectivity index (χ4v) is 2.53. The number of aromatic hydroxyl groups is 1. The van der Waals surface area contributed by atoms with Gasteiger partial charge in [-0.2, -0.15) is 0 Å². The second kappa shape index (κ2) is 13.2. The standard InChI is InChI=1S/C21H32O/c1-2-3-4-5-6-7-8-9-10-11-12-13-14-16-20-17-15-18-21(22)19-20/h9-12,15,17-19,22H,2-8,13-14,16H2,1H3/b10-9+,12-11+. The zero-order valence-corrected chi connectivity index (χ0v) is 14.1. The molecule has 0 atom stereocenters. The van der Waals surface area contributed by atoms with Gasteiger partial charge < -0.3 is 5.11 Å². The van der Waals surface area contributed by atoms with Crippen LogP contribution in [0.15, 0.2) is 48.6 Å². The topological polar surface area (TPSA) is 20.2 Å². The highest BCUT2D eigenvalue weighted by Crippen LogP contribution is 2.13. The molecule has 0 amide bonds. The average Bonchev–Trinajstić information content (AvgIpc) is 2.52. The first-order chi connectivity index (χ1) is 10.8. The molecule has 0 aliphatic carbocycles. The lowest BCUT2D eigenvalue weighted by Crippen LogP contribution is -1.83. The van der Waals surface area contributed by atoms with Gasteiger partial charge in [-0.15, -0.1) is 0 Å². The van der Waals surface area contributed by atoms with Crippen LogP contribution in [0.3, 0.4) is 0 Å². The van der Waals surface area contributed by atoms with E-state index in [1.54, 1.807) is 6.07 Å². The second-order valence-corrected chi connectivity index (χ2v) is 5.97. The fraction of sp³-hybridized carbons (Fsp3) is 0.524. The summed E-state index contributed by atoms with van der Waals surface area (Å²) >= 11 is 0. The molecule has 0 aromatic heterocycles. The van der Waals surface area contributed by atoms with Crippen LogP contribution in [0.25, 0.3) is 0 Å². The van der Waals surface area contributed by atoms with E-state index in [0.29, 0.717) is 5.75 Å². The van der Waals surface area contributed by atoms with Crippen LogP contribution in [0.1, 0.15) is 70.3 Å². The van der Waals surface area contributed by atoms with Gasteiger partial charge in [0.25, 0.3) is 0 Å². The van der Waals surface area contributed by atoms with Crippen molar-refractivity contribution in [2.45, 2.75) is 71.1 Å². The van der Waals surface area contributed by atoms with E-state index in [1.807, 2.05) is 12.1 Å². The van der Waals surface area contributed by atoms with Crippen LogP contribution in [-0.4, -0.2) is 5.11 Å². The summed E-state index contributed by atoms with van der Waals surface area (Å²) in [5.74, 6) is 0.366. The summed E-state index contributed by atoms with van der Waals surface area (Å²) < 4.78 is 0. The molecule has 1 nitrogen and oxygen atoms in total. The predicted molar refractivity (Wildman–Crippen MR) is 97.3 cm³/mol. The van der Waals surface area contributed by atoms with E-state index in [9.17, 15) is 5.11 Å². The first kappa shape index (κ1) is 18.5. The Morgan fingerprint density at radius 2 is 1.55 bits per heavy atom. The molecule has 1 rings (SSSR count). The Morgan fingerprint density at radius 3 is 2.27 bits per heavy atom. The molecule has 0 spiro atoms. The fourth-order valence-electron chi connectivity index (χ4n) is 2.53. The highest BCUT2D eigenvalue weighted by Gasteiger charge is 1.93. The van der Waals surface area contributed by atoms with Crippen molar-refractivity contribution in [3.05, 3.63) is 54.1 Å². The largest absolute Gasteiger partial charge is 0.508 e. The van der Waals surface area contributed by atoms with Crippen molar-refractivity contribution in [1.82, 2.24) is 0 Å². The van der Waals surface area contributed by atoms with Crippen molar-refractivity contribution in [1.29, 1.82) is 0 Å². The number of hydrogen-bond donors (Lipinski definition) is 1. The summed E-state index contributed by atoms with van der Waals surface area (Å²) in [7, 11) is 0. The van der Waals surface area contributed by atoms with Crippen LogP contribution in [0.4, 0.5) is 0 Å². The number of benzene rings is 1. The Morgan fingerprint density at radius 1 is 0.864 bits per heavy atom. The quantitative estimate of drug-likeness (QED) is 0.341. The highest BCUT2D eigenvalue weighted by atomic mass is 16.3. The van der Waals surface area contributed by atoms with Crippen molar-refractivity contribution in [2.24, 2.45) is 0 Å². The van der Waals surface area contributed by atoms with Gasteiger partial charge in [-0.05, 0) is 49.8 Å². The van der Waals surface area contributed by atoms with Gasteiger partial charge in [0.05, 0.1) is 0 Å². The molecule has 0 saturated carbocycles. The molecule has 0 heterocycles. The van der Waals surface area contributed by atoms with Gasteiger partial charge in [0, 0.05) is 0 Å². The zero-order valence-electron chi connectivity index (χ0n) is 14.1. The Hall–Kier alpha value is -1.50. The molecule has 0 fully saturated rings. The lowest BCUT2D eigenvalue weighted by Gasteiger charge is -1.99. The monoisotopic (exact) mass is 300 g/mol. The average molecular weight is 300 g/mol. The van der Waals surface area contributed by atoms with Crippen LogP contribution in [-0.2, 0) is 6.42 Å². The van der Waals surface area contributed by atoms with Crippen LogP contribution < -0.4 is 0 Å². The first-order valence-corrected chi connectivity index (χ1v) is 8.92.